The van der Waals surface area contributed by atoms with Gasteiger partial charge in [0.1, 0.15) is 5.82 Å². The van der Waals surface area contributed by atoms with Gasteiger partial charge in [0.2, 0.25) is 5.95 Å². The molecule has 5 heteroatoms. The first-order valence-electron chi connectivity index (χ1n) is 7.81. The summed E-state index contributed by atoms with van der Waals surface area (Å²) in [5.74, 6) is 2.63. The molecule has 5 nitrogen and oxygen atoms in total. The predicted molar refractivity (Wildman–Crippen MR) is 76.5 cm³/mol. The summed E-state index contributed by atoms with van der Waals surface area (Å²) in [7, 11) is 0. The number of aromatic nitrogens is 3. The normalized spacial score (nSPS) is 23.1. The van der Waals surface area contributed by atoms with Gasteiger partial charge in [0.05, 0.1) is 0 Å². The number of aromatic amines is 1. The SMILES string of the molecule is C1CCCC(c2nc(N3CCCNCC3)n[nH]2)CC1. The van der Waals surface area contributed by atoms with E-state index < -0.39 is 0 Å². The van der Waals surface area contributed by atoms with Crippen LogP contribution in [0.3, 0.4) is 0 Å². The van der Waals surface area contributed by atoms with Crippen LogP contribution in [0.15, 0.2) is 0 Å². The highest BCUT2D eigenvalue weighted by molar-refractivity contribution is 5.29. The fraction of sp³-hybridized carbons (Fsp3) is 0.857. The van der Waals surface area contributed by atoms with Gasteiger partial charge in [-0.05, 0) is 25.8 Å². The molecule has 0 unspecified atom stereocenters. The standard InChI is InChI=1S/C14H25N5/c1-2-4-7-12(6-3-1)13-16-14(18-17-13)19-10-5-8-15-9-11-19/h12,15H,1-11H2,(H,16,17,18). The summed E-state index contributed by atoms with van der Waals surface area (Å²) in [5.41, 5.74) is 0. The molecule has 106 valence electrons. The molecule has 0 radical (unpaired) electrons. The predicted octanol–water partition coefficient (Wildman–Crippen LogP) is 2.04. The minimum Gasteiger partial charge on any atom is -0.338 e. The van der Waals surface area contributed by atoms with Crippen LogP contribution in [0, 0.1) is 0 Å². The van der Waals surface area contributed by atoms with Crippen molar-refractivity contribution in [3.05, 3.63) is 5.82 Å². The van der Waals surface area contributed by atoms with Gasteiger partial charge in [0.25, 0.3) is 0 Å². The Bertz CT molecular complexity index is 338. The summed E-state index contributed by atoms with van der Waals surface area (Å²) >= 11 is 0. The second kappa shape index (κ2) is 6.37. The summed E-state index contributed by atoms with van der Waals surface area (Å²) in [6.07, 6.45) is 9.17. The van der Waals surface area contributed by atoms with Crippen LogP contribution in [0.2, 0.25) is 0 Å². The van der Waals surface area contributed by atoms with Gasteiger partial charge < -0.3 is 10.2 Å². The maximum Gasteiger partial charge on any atom is 0.244 e. The Morgan fingerprint density at radius 2 is 1.79 bits per heavy atom. The molecule has 0 bridgehead atoms. The molecule has 19 heavy (non-hydrogen) atoms. The quantitative estimate of drug-likeness (QED) is 0.802. The lowest BCUT2D eigenvalue weighted by atomic mass is 10.00. The first kappa shape index (κ1) is 12.9. The molecule has 2 heterocycles. The monoisotopic (exact) mass is 263 g/mol. The third-order valence-corrected chi connectivity index (χ3v) is 4.36. The van der Waals surface area contributed by atoms with Gasteiger partial charge in [0, 0.05) is 25.6 Å². The van der Waals surface area contributed by atoms with E-state index in [-0.39, 0.29) is 0 Å². The van der Waals surface area contributed by atoms with E-state index >= 15 is 0 Å². The zero-order chi connectivity index (χ0) is 12.9. The minimum absolute atomic E-state index is 0.605. The van der Waals surface area contributed by atoms with Crippen molar-refractivity contribution in [3.8, 4) is 0 Å². The van der Waals surface area contributed by atoms with Gasteiger partial charge in [-0.2, -0.15) is 4.98 Å². The van der Waals surface area contributed by atoms with Crippen LogP contribution in [-0.2, 0) is 0 Å². The third kappa shape index (κ3) is 3.26. The van der Waals surface area contributed by atoms with E-state index in [1.54, 1.807) is 0 Å². The molecule has 0 atom stereocenters. The van der Waals surface area contributed by atoms with Crippen molar-refractivity contribution >= 4 is 5.95 Å². The zero-order valence-electron chi connectivity index (χ0n) is 11.7. The molecule has 3 rings (SSSR count). The van der Waals surface area contributed by atoms with Crippen molar-refractivity contribution in [2.24, 2.45) is 0 Å². The lowest BCUT2D eigenvalue weighted by Gasteiger charge is -2.17. The van der Waals surface area contributed by atoms with Crippen molar-refractivity contribution in [1.82, 2.24) is 20.5 Å². The Labute approximate surface area is 115 Å². The Balaban J connectivity index is 1.67. The first-order valence-corrected chi connectivity index (χ1v) is 7.81. The largest absolute Gasteiger partial charge is 0.338 e. The Morgan fingerprint density at radius 1 is 0.947 bits per heavy atom. The summed E-state index contributed by atoms with van der Waals surface area (Å²) < 4.78 is 0. The van der Waals surface area contributed by atoms with Crippen LogP contribution in [-0.4, -0.2) is 41.4 Å². The molecular formula is C14H25N5. The molecule has 0 aromatic carbocycles. The molecule has 0 amide bonds. The third-order valence-electron chi connectivity index (χ3n) is 4.36. The molecule has 2 aliphatic rings. The summed E-state index contributed by atoms with van der Waals surface area (Å²) in [6, 6.07) is 0. The molecule has 2 fully saturated rings. The lowest BCUT2D eigenvalue weighted by molar-refractivity contribution is 0.562. The highest BCUT2D eigenvalue weighted by atomic mass is 15.4. The summed E-state index contributed by atoms with van der Waals surface area (Å²) in [6.45, 7) is 4.22. The number of hydrogen-bond acceptors (Lipinski definition) is 4. The average molecular weight is 263 g/mol. The minimum atomic E-state index is 0.605. The maximum atomic E-state index is 4.77. The van der Waals surface area contributed by atoms with Gasteiger partial charge in [-0.3, -0.25) is 5.10 Å². The second-order valence-corrected chi connectivity index (χ2v) is 5.80. The van der Waals surface area contributed by atoms with Gasteiger partial charge in [-0.1, -0.05) is 25.7 Å². The number of H-pyrrole nitrogens is 1. The summed E-state index contributed by atoms with van der Waals surface area (Å²) in [4.78, 5) is 7.07. The number of anilines is 1. The van der Waals surface area contributed by atoms with Crippen molar-refractivity contribution in [3.63, 3.8) is 0 Å². The highest BCUT2D eigenvalue weighted by Gasteiger charge is 2.20. The molecule has 1 saturated heterocycles. The number of rotatable bonds is 2. The van der Waals surface area contributed by atoms with E-state index in [1.807, 2.05) is 0 Å². The molecule has 1 aliphatic heterocycles. The number of hydrogen-bond donors (Lipinski definition) is 2. The van der Waals surface area contributed by atoms with Gasteiger partial charge >= 0.3 is 0 Å². The van der Waals surface area contributed by atoms with Crippen molar-refractivity contribution in [1.29, 1.82) is 0 Å². The topological polar surface area (TPSA) is 56.8 Å². The molecule has 0 spiro atoms. The number of nitrogens with zero attached hydrogens (tertiary/aromatic N) is 3. The molecular weight excluding hydrogens is 238 g/mol. The smallest absolute Gasteiger partial charge is 0.244 e. The van der Waals surface area contributed by atoms with E-state index in [4.69, 9.17) is 4.98 Å². The lowest BCUT2D eigenvalue weighted by Crippen LogP contribution is -2.28. The van der Waals surface area contributed by atoms with E-state index in [2.05, 4.69) is 20.4 Å². The average Bonchev–Trinajstić information content (AvgIpc) is 2.67. The van der Waals surface area contributed by atoms with Crippen LogP contribution in [0.25, 0.3) is 0 Å². The fourth-order valence-electron chi connectivity index (χ4n) is 3.19. The van der Waals surface area contributed by atoms with Crippen LogP contribution in [0.4, 0.5) is 5.95 Å². The van der Waals surface area contributed by atoms with Crippen LogP contribution in [0.5, 0.6) is 0 Å². The van der Waals surface area contributed by atoms with E-state index in [1.165, 1.54) is 44.9 Å². The molecule has 1 saturated carbocycles. The maximum absolute atomic E-state index is 4.77. The molecule has 1 aromatic heterocycles. The van der Waals surface area contributed by atoms with Crippen molar-refractivity contribution in [2.45, 2.75) is 50.9 Å². The molecule has 2 N–H and O–H groups in total. The van der Waals surface area contributed by atoms with Crippen molar-refractivity contribution < 1.29 is 0 Å². The Morgan fingerprint density at radius 3 is 2.63 bits per heavy atom. The van der Waals surface area contributed by atoms with Crippen LogP contribution >= 0.6 is 0 Å². The van der Waals surface area contributed by atoms with Crippen LogP contribution in [0.1, 0.15) is 56.7 Å². The fourth-order valence-corrected chi connectivity index (χ4v) is 3.19. The molecule has 1 aromatic rings. The van der Waals surface area contributed by atoms with Gasteiger partial charge in [0.15, 0.2) is 0 Å². The second-order valence-electron chi connectivity index (χ2n) is 5.80. The molecule has 1 aliphatic carbocycles. The zero-order valence-corrected chi connectivity index (χ0v) is 11.7. The van der Waals surface area contributed by atoms with Crippen molar-refractivity contribution in [2.75, 3.05) is 31.1 Å². The Kier molecular flexibility index (Phi) is 4.33. The van der Waals surface area contributed by atoms with Gasteiger partial charge in [-0.25, -0.2) is 0 Å². The van der Waals surface area contributed by atoms with E-state index in [0.717, 1.165) is 38.0 Å². The summed E-state index contributed by atoms with van der Waals surface area (Å²) in [5, 5.41) is 11.1. The Hall–Kier alpha value is -1.10. The number of nitrogens with one attached hydrogen (secondary N) is 2. The van der Waals surface area contributed by atoms with Crippen LogP contribution < -0.4 is 10.2 Å². The first-order chi connectivity index (χ1) is 9.43. The van der Waals surface area contributed by atoms with E-state index in [0.29, 0.717) is 5.92 Å². The van der Waals surface area contributed by atoms with E-state index in [9.17, 15) is 0 Å². The van der Waals surface area contributed by atoms with Gasteiger partial charge in [-0.15, -0.1) is 5.10 Å². The highest BCUT2D eigenvalue weighted by Crippen LogP contribution is 2.30.